The summed E-state index contributed by atoms with van der Waals surface area (Å²) >= 11 is 0.874. The molecule has 3 rings (SSSR count). The highest BCUT2D eigenvalue weighted by molar-refractivity contribution is 7.16. The predicted octanol–water partition coefficient (Wildman–Crippen LogP) is 3.90. The molecule has 0 bridgehead atoms. The topological polar surface area (TPSA) is 81.4 Å². The number of carboxylic acid groups (broad SMARTS) is 1. The Balaban J connectivity index is 1.73. The number of ether oxygens (including phenoxy) is 1. The lowest BCUT2D eigenvalue weighted by Gasteiger charge is -2.09. The number of rotatable bonds is 5. The monoisotopic (exact) mass is 410 g/mol. The van der Waals surface area contributed by atoms with Crippen molar-refractivity contribution >= 4 is 17.3 Å². The number of thiazole rings is 1. The van der Waals surface area contributed by atoms with Crippen LogP contribution in [0, 0.1) is 6.92 Å². The van der Waals surface area contributed by atoms with Crippen LogP contribution in [0.3, 0.4) is 0 Å². The van der Waals surface area contributed by atoms with E-state index >= 15 is 0 Å². The van der Waals surface area contributed by atoms with E-state index in [-0.39, 0.29) is 22.4 Å². The third kappa shape index (κ3) is 4.22. The molecule has 10 heteroatoms. The average molecular weight is 410 g/mol. The van der Waals surface area contributed by atoms with E-state index in [0.29, 0.717) is 11.3 Å². The van der Waals surface area contributed by atoms with Crippen molar-refractivity contribution in [2.75, 3.05) is 0 Å². The molecule has 2 heterocycles. The lowest BCUT2D eigenvalue weighted by molar-refractivity contribution is -0.137. The van der Waals surface area contributed by atoms with Gasteiger partial charge in [0, 0.05) is 12.3 Å². The van der Waals surface area contributed by atoms with Gasteiger partial charge in [0.25, 0.3) is 5.56 Å². The van der Waals surface area contributed by atoms with E-state index in [1.165, 1.54) is 42.0 Å². The molecular formula is C18H13F3N2O4S. The van der Waals surface area contributed by atoms with Gasteiger partial charge < -0.3 is 9.84 Å². The molecule has 28 heavy (non-hydrogen) atoms. The van der Waals surface area contributed by atoms with Crippen LogP contribution in [0.15, 0.2) is 47.4 Å². The molecule has 1 N–H and O–H groups in total. The Morgan fingerprint density at radius 2 is 1.93 bits per heavy atom. The van der Waals surface area contributed by atoms with Crippen molar-refractivity contribution in [3.8, 4) is 10.9 Å². The molecule has 6 nitrogen and oxygen atoms in total. The van der Waals surface area contributed by atoms with Crippen molar-refractivity contribution in [3.63, 3.8) is 0 Å². The first-order valence-corrected chi connectivity index (χ1v) is 8.69. The molecule has 0 radical (unpaired) electrons. The average Bonchev–Trinajstić information content (AvgIpc) is 3.01. The Kier molecular flexibility index (Phi) is 5.23. The maximum absolute atomic E-state index is 12.6. The Bertz CT molecular complexity index is 1070. The fourth-order valence-electron chi connectivity index (χ4n) is 2.35. The zero-order valence-corrected chi connectivity index (χ0v) is 15.2. The predicted molar refractivity (Wildman–Crippen MR) is 95.2 cm³/mol. The lowest BCUT2D eigenvalue weighted by atomic mass is 10.1. The van der Waals surface area contributed by atoms with E-state index < -0.39 is 23.3 Å². The second-order valence-corrected chi connectivity index (χ2v) is 6.75. The van der Waals surface area contributed by atoms with Crippen molar-refractivity contribution in [2.24, 2.45) is 0 Å². The number of aromatic nitrogens is 2. The number of hydrogen-bond acceptors (Lipinski definition) is 5. The smallest absolute Gasteiger partial charge is 0.416 e. The van der Waals surface area contributed by atoms with Crippen LogP contribution in [0.25, 0.3) is 5.13 Å². The Morgan fingerprint density at radius 1 is 1.25 bits per heavy atom. The number of alkyl halides is 3. The molecule has 0 saturated carbocycles. The maximum atomic E-state index is 12.6. The van der Waals surface area contributed by atoms with Crippen molar-refractivity contribution < 1.29 is 27.8 Å². The number of halogens is 3. The molecule has 0 unspecified atom stereocenters. The number of nitrogens with zero attached hydrogens (tertiary/aromatic N) is 2. The van der Waals surface area contributed by atoms with Gasteiger partial charge in [-0.3, -0.25) is 9.36 Å². The van der Waals surface area contributed by atoms with Gasteiger partial charge in [-0.05, 0) is 30.7 Å². The lowest BCUT2D eigenvalue weighted by Crippen LogP contribution is -2.16. The van der Waals surface area contributed by atoms with Crippen LogP contribution in [-0.2, 0) is 12.8 Å². The summed E-state index contributed by atoms with van der Waals surface area (Å²) in [7, 11) is 0. The normalized spacial score (nSPS) is 11.4. The largest absolute Gasteiger partial charge is 0.489 e. The summed E-state index contributed by atoms with van der Waals surface area (Å²) in [6.07, 6.45) is -3.01. The van der Waals surface area contributed by atoms with E-state index in [2.05, 4.69) is 4.98 Å². The second-order valence-electron chi connectivity index (χ2n) is 5.77. The minimum Gasteiger partial charge on any atom is -0.489 e. The molecule has 3 aromatic rings. The summed E-state index contributed by atoms with van der Waals surface area (Å²) in [4.78, 5) is 27.5. The summed E-state index contributed by atoms with van der Waals surface area (Å²) in [5, 5.41) is 9.30. The summed E-state index contributed by atoms with van der Waals surface area (Å²) in [5.41, 5.74) is -0.408. The van der Waals surface area contributed by atoms with Gasteiger partial charge in [-0.1, -0.05) is 23.5 Å². The van der Waals surface area contributed by atoms with Crippen molar-refractivity contribution in [1.29, 1.82) is 0 Å². The molecule has 0 fully saturated rings. The molecule has 0 atom stereocenters. The quantitative estimate of drug-likeness (QED) is 0.690. The second kappa shape index (κ2) is 7.47. The molecule has 146 valence electrons. The van der Waals surface area contributed by atoms with Crippen LogP contribution in [0.1, 0.15) is 26.5 Å². The first-order chi connectivity index (χ1) is 13.1. The van der Waals surface area contributed by atoms with Gasteiger partial charge in [0.15, 0.2) is 5.13 Å². The Morgan fingerprint density at radius 3 is 2.46 bits per heavy atom. The molecular weight excluding hydrogens is 397 g/mol. The van der Waals surface area contributed by atoms with E-state index in [1.54, 1.807) is 0 Å². The minimum absolute atomic E-state index is 0.0128. The standard InChI is InChI=1S/C18H13F3N2O4S/c1-10-15(16(25)26)28-17(22-10)23-7-6-13(8-14(23)24)27-9-11-2-4-12(5-3-11)18(19,20)21/h2-8H,9H2,1H3,(H,25,26). The Hall–Kier alpha value is -3.14. The number of aromatic carboxylic acids is 1. The number of pyridine rings is 1. The first-order valence-electron chi connectivity index (χ1n) is 7.88. The van der Waals surface area contributed by atoms with Crippen LogP contribution >= 0.6 is 11.3 Å². The number of hydrogen-bond donors (Lipinski definition) is 1. The SMILES string of the molecule is Cc1nc(-n2ccc(OCc3ccc(C(F)(F)F)cc3)cc2=O)sc1C(=O)O. The van der Waals surface area contributed by atoms with E-state index in [4.69, 9.17) is 9.84 Å². The third-order valence-electron chi connectivity index (χ3n) is 3.76. The van der Waals surface area contributed by atoms with Crippen LogP contribution in [-0.4, -0.2) is 20.6 Å². The molecule has 0 saturated heterocycles. The molecule has 0 aliphatic carbocycles. The van der Waals surface area contributed by atoms with Crippen molar-refractivity contribution in [1.82, 2.24) is 9.55 Å². The third-order valence-corrected chi connectivity index (χ3v) is 4.91. The minimum atomic E-state index is -4.40. The highest BCUT2D eigenvalue weighted by Gasteiger charge is 2.29. The van der Waals surface area contributed by atoms with Gasteiger partial charge in [-0.25, -0.2) is 9.78 Å². The van der Waals surface area contributed by atoms with E-state index in [1.807, 2.05) is 0 Å². The van der Waals surface area contributed by atoms with Crippen LogP contribution in [0.2, 0.25) is 0 Å². The van der Waals surface area contributed by atoms with E-state index in [0.717, 1.165) is 23.5 Å². The zero-order chi connectivity index (χ0) is 20.5. The van der Waals surface area contributed by atoms with Gasteiger partial charge in [-0.15, -0.1) is 0 Å². The van der Waals surface area contributed by atoms with Gasteiger partial charge in [-0.2, -0.15) is 13.2 Å². The summed E-state index contributed by atoms with van der Waals surface area (Å²) in [6.45, 7) is 1.52. The van der Waals surface area contributed by atoms with Gasteiger partial charge in [0.05, 0.1) is 11.3 Å². The fourth-order valence-corrected chi connectivity index (χ4v) is 3.24. The Labute approximate surface area is 160 Å². The molecule has 1 aromatic carbocycles. The molecule has 0 aliphatic heterocycles. The van der Waals surface area contributed by atoms with Gasteiger partial charge in [0.2, 0.25) is 0 Å². The van der Waals surface area contributed by atoms with Crippen LogP contribution in [0.4, 0.5) is 13.2 Å². The number of carbonyl (C=O) groups is 1. The number of benzene rings is 1. The molecule has 0 spiro atoms. The van der Waals surface area contributed by atoms with Gasteiger partial charge in [0.1, 0.15) is 17.2 Å². The zero-order valence-electron chi connectivity index (χ0n) is 14.4. The van der Waals surface area contributed by atoms with Crippen LogP contribution in [0.5, 0.6) is 5.75 Å². The van der Waals surface area contributed by atoms with Gasteiger partial charge >= 0.3 is 12.1 Å². The van der Waals surface area contributed by atoms with Crippen LogP contribution < -0.4 is 10.3 Å². The highest BCUT2D eigenvalue weighted by Crippen LogP contribution is 2.29. The highest BCUT2D eigenvalue weighted by atomic mass is 32.1. The first kappa shape index (κ1) is 19.6. The fraction of sp³-hybridized carbons (Fsp3) is 0.167. The van der Waals surface area contributed by atoms with Crippen molar-refractivity contribution in [3.05, 3.63) is 74.6 Å². The molecule has 0 amide bonds. The number of carboxylic acids is 1. The summed E-state index contributed by atoms with van der Waals surface area (Å²) < 4.78 is 44.3. The van der Waals surface area contributed by atoms with E-state index in [9.17, 15) is 22.8 Å². The summed E-state index contributed by atoms with van der Waals surface area (Å²) in [6, 6.07) is 7.21. The van der Waals surface area contributed by atoms with Crippen molar-refractivity contribution in [2.45, 2.75) is 19.7 Å². The number of aryl methyl sites for hydroxylation is 1. The summed E-state index contributed by atoms with van der Waals surface area (Å²) in [5.74, 6) is -0.890. The maximum Gasteiger partial charge on any atom is 0.416 e. The molecule has 2 aromatic heterocycles. The molecule has 0 aliphatic rings.